The molecule has 1 aliphatic heterocycles. The molecule has 1 saturated heterocycles. The van der Waals surface area contributed by atoms with Crippen LogP contribution in [0.5, 0.6) is 0 Å². The Labute approximate surface area is 124 Å². The lowest BCUT2D eigenvalue weighted by Crippen LogP contribution is -2.52. The van der Waals surface area contributed by atoms with Gasteiger partial charge in [-0.05, 0) is 18.9 Å². The van der Waals surface area contributed by atoms with Crippen LogP contribution >= 0.6 is 11.6 Å². The maximum absolute atomic E-state index is 12.1. The summed E-state index contributed by atoms with van der Waals surface area (Å²) in [6.45, 7) is 3.34. The van der Waals surface area contributed by atoms with Gasteiger partial charge in [0.25, 0.3) is 0 Å². The summed E-state index contributed by atoms with van der Waals surface area (Å²) in [5, 5.41) is 10.1. The van der Waals surface area contributed by atoms with Gasteiger partial charge in [-0.1, -0.05) is 29.8 Å². The molecular formula is C15H20ClNO3. The van der Waals surface area contributed by atoms with Crippen LogP contribution in [0.25, 0.3) is 0 Å². The number of hydrogen-bond acceptors (Lipinski definition) is 3. The van der Waals surface area contributed by atoms with Crippen LogP contribution in [-0.4, -0.2) is 47.2 Å². The Morgan fingerprint density at radius 2 is 2.35 bits per heavy atom. The molecule has 4 nitrogen and oxygen atoms in total. The molecule has 0 unspecified atom stereocenters. The molecule has 2 atom stereocenters. The van der Waals surface area contributed by atoms with E-state index in [2.05, 4.69) is 0 Å². The minimum absolute atomic E-state index is 0.0883. The number of rotatable bonds is 4. The van der Waals surface area contributed by atoms with Gasteiger partial charge in [0.2, 0.25) is 5.91 Å². The lowest BCUT2D eigenvalue weighted by Gasteiger charge is -2.37. The van der Waals surface area contributed by atoms with E-state index in [4.69, 9.17) is 16.3 Å². The van der Waals surface area contributed by atoms with Gasteiger partial charge in [-0.25, -0.2) is 0 Å². The smallest absolute Gasteiger partial charge is 0.238 e. The molecule has 0 saturated carbocycles. The molecule has 0 aliphatic carbocycles. The number of benzene rings is 1. The van der Waals surface area contributed by atoms with Crippen molar-refractivity contribution in [2.45, 2.75) is 32.0 Å². The maximum atomic E-state index is 12.1. The van der Waals surface area contributed by atoms with E-state index in [0.29, 0.717) is 26.2 Å². The third kappa shape index (κ3) is 3.72. The normalized spacial score (nSPS) is 22.6. The number of aryl methyl sites for hydroxylation is 1. The molecular weight excluding hydrogens is 278 g/mol. The van der Waals surface area contributed by atoms with Crippen molar-refractivity contribution in [3.8, 4) is 0 Å². The average molecular weight is 298 g/mol. The van der Waals surface area contributed by atoms with Gasteiger partial charge in [-0.2, -0.15) is 0 Å². The van der Waals surface area contributed by atoms with Gasteiger partial charge < -0.3 is 14.7 Å². The maximum Gasteiger partial charge on any atom is 0.238 e. The van der Waals surface area contributed by atoms with Crippen LogP contribution in [-0.2, 0) is 16.1 Å². The van der Waals surface area contributed by atoms with Crippen molar-refractivity contribution in [2.75, 3.05) is 19.1 Å². The van der Waals surface area contributed by atoms with Crippen molar-refractivity contribution in [2.24, 2.45) is 0 Å². The topological polar surface area (TPSA) is 49.8 Å². The molecule has 20 heavy (non-hydrogen) atoms. The number of nitrogens with zero attached hydrogens (tertiary/aromatic N) is 1. The summed E-state index contributed by atoms with van der Waals surface area (Å²) in [5.74, 6) is -0.266. The SMILES string of the molecule is Cc1cccc(CN(C(=O)CCl)[C@@H]2COCC[C@H]2O)c1. The molecule has 1 N–H and O–H groups in total. The van der Waals surface area contributed by atoms with Crippen molar-refractivity contribution in [1.82, 2.24) is 4.90 Å². The van der Waals surface area contributed by atoms with E-state index in [1.54, 1.807) is 4.90 Å². The summed E-state index contributed by atoms with van der Waals surface area (Å²) in [7, 11) is 0. The van der Waals surface area contributed by atoms with Gasteiger partial charge in [0.05, 0.1) is 18.8 Å². The van der Waals surface area contributed by atoms with Crippen molar-refractivity contribution < 1.29 is 14.6 Å². The molecule has 0 radical (unpaired) electrons. The largest absolute Gasteiger partial charge is 0.391 e. The van der Waals surface area contributed by atoms with Crippen molar-refractivity contribution in [3.63, 3.8) is 0 Å². The zero-order valence-corrected chi connectivity index (χ0v) is 12.3. The molecule has 5 heteroatoms. The van der Waals surface area contributed by atoms with Crippen molar-refractivity contribution in [3.05, 3.63) is 35.4 Å². The van der Waals surface area contributed by atoms with Crippen LogP contribution in [0, 0.1) is 6.92 Å². The van der Waals surface area contributed by atoms with E-state index < -0.39 is 6.10 Å². The summed E-state index contributed by atoms with van der Waals surface area (Å²) in [4.78, 5) is 13.7. The number of amides is 1. The van der Waals surface area contributed by atoms with Crippen molar-refractivity contribution >= 4 is 17.5 Å². The highest BCUT2D eigenvalue weighted by Crippen LogP contribution is 2.18. The molecule has 1 heterocycles. The van der Waals surface area contributed by atoms with Gasteiger partial charge in [0, 0.05) is 13.2 Å². The summed E-state index contributed by atoms with van der Waals surface area (Å²) >= 11 is 5.70. The predicted octanol–water partition coefficient (Wildman–Crippen LogP) is 1.71. The first-order chi connectivity index (χ1) is 9.61. The first kappa shape index (κ1) is 15.3. The predicted molar refractivity (Wildman–Crippen MR) is 77.7 cm³/mol. The van der Waals surface area contributed by atoms with E-state index in [0.717, 1.165) is 11.1 Å². The molecule has 0 bridgehead atoms. The number of alkyl halides is 1. The Bertz CT molecular complexity index is 466. The number of hydrogen-bond donors (Lipinski definition) is 1. The molecule has 1 amide bonds. The van der Waals surface area contributed by atoms with Gasteiger partial charge in [-0.15, -0.1) is 11.6 Å². The van der Waals surface area contributed by atoms with Crippen molar-refractivity contribution in [1.29, 1.82) is 0 Å². The second-order valence-electron chi connectivity index (χ2n) is 5.14. The zero-order chi connectivity index (χ0) is 14.5. The Balaban J connectivity index is 2.17. The molecule has 1 aliphatic rings. The minimum Gasteiger partial charge on any atom is -0.391 e. The van der Waals surface area contributed by atoms with Gasteiger partial charge in [0.15, 0.2) is 0 Å². The summed E-state index contributed by atoms with van der Waals surface area (Å²) in [5.41, 5.74) is 2.17. The fraction of sp³-hybridized carbons (Fsp3) is 0.533. The summed E-state index contributed by atoms with van der Waals surface area (Å²) < 4.78 is 5.39. The molecule has 2 rings (SSSR count). The number of aliphatic hydroxyl groups excluding tert-OH is 1. The molecule has 110 valence electrons. The first-order valence-corrected chi connectivity index (χ1v) is 7.32. The van der Waals surface area contributed by atoms with E-state index >= 15 is 0 Å². The number of ether oxygens (including phenoxy) is 1. The van der Waals surface area contributed by atoms with Crippen LogP contribution in [0.15, 0.2) is 24.3 Å². The quantitative estimate of drug-likeness (QED) is 0.861. The Hall–Kier alpha value is -1.10. The van der Waals surface area contributed by atoms with E-state index in [9.17, 15) is 9.90 Å². The monoisotopic (exact) mass is 297 g/mol. The highest BCUT2D eigenvalue weighted by atomic mass is 35.5. The fourth-order valence-corrected chi connectivity index (χ4v) is 2.64. The highest BCUT2D eigenvalue weighted by molar-refractivity contribution is 6.27. The first-order valence-electron chi connectivity index (χ1n) is 6.78. The van der Waals surface area contributed by atoms with E-state index in [1.807, 2.05) is 31.2 Å². The Morgan fingerprint density at radius 3 is 3.00 bits per heavy atom. The van der Waals surface area contributed by atoms with Crippen LogP contribution in [0.1, 0.15) is 17.5 Å². The molecule has 1 aromatic rings. The van der Waals surface area contributed by atoms with Gasteiger partial charge in [0.1, 0.15) is 5.88 Å². The van der Waals surface area contributed by atoms with Crippen LogP contribution < -0.4 is 0 Å². The fourth-order valence-electron chi connectivity index (χ4n) is 2.48. The third-order valence-corrected chi connectivity index (χ3v) is 3.79. The molecule has 1 aromatic carbocycles. The minimum atomic E-state index is -0.555. The zero-order valence-electron chi connectivity index (χ0n) is 11.6. The second-order valence-corrected chi connectivity index (χ2v) is 5.41. The molecule has 0 spiro atoms. The number of halogens is 1. The lowest BCUT2D eigenvalue weighted by molar-refractivity contribution is -0.140. The van der Waals surface area contributed by atoms with Crippen LogP contribution in [0.2, 0.25) is 0 Å². The van der Waals surface area contributed by atoms with Crippen LogP contribution in [0.4, 0.5) is 0 Å². The average Bonchev–Trinajstić information content (AvgIpc) is 2.45. The van der Waals surface area contributed by atoms with Crippen LogP contribution in [0.3, 0.4) is 0 Å². The second kappa shape index (κ2) is 7.07. The number of carbonyl (C=O) groups is 1. The Morgan fingerprint density at radius 1 is 1.55 bits per heavy atom. The highest BCUT2D eigenvalue weighted by Gasteiger charge is 2.32. The van der Waals surface area contributed by atoms with Gasteiger partial charge >= 0.3 is 0 Å². The standard InChI is InChI=1S/C15H20ClNO3/c1-11-3-2-4-12(7-11)9-17(15(19)8-16)13-10-20-6-5-14(13)18/h2-4,7,13-14,18H,5-6,8-10H2,1H3/t13-,14-/m1/s1. The van der Waals surface area contributed by atoms with E-state index in [1.165, 1.54) is 0 Å². The Kier molecular flexibility index (Phi) is 5.40. The number of carbonyl (C=O) groups excluding carboxylic acids is 1. The summed E-state index contributed by atoms with van der Waals surface area (Å²) in [6, 6.07) is 7.65. The van der Waals surface area contributed by atoms with Gasteiger partial charge in [-0.3, -0.25) is 4.79 Å². The third-order valence-electron chi connectivity index (χ3n) is 3.56. The van der Waals surface area contributed by atoms with E-state index in [-0.39, 0.29) is 17.8 Å². The lowest BCUT2D eigenvalue weighted by atomic mass is 10.0. The molecule has 1 fully saturated rings. The molecule has 0 aromatic heterocycles. The summed E-state index contributed by atoms with van der Waals surface area (Å²) in [6.07, 6.45) is -0.00870. The number of aliphatic hydroxyl groups is 1.